The molecule has 0 aliphatic carbocycles. The SMILES string of the molecule is CCc1cc(-c2cncc(C(=O)NC3=NCC(C(C)(C)C)=C3)c2)c(C)[nH]c1=O. The van der Waals surface area contributed by atoms with Crippen LogP contribution in [0.5, 0.6) is 0 Å². The molecule has 6 nitrogen and oxygen atoms in total. The number of pyridine rings is 2. The number of amidine groups is 1. The Morgan fingerprint density at radius 2 is 2.00 bits per heavy atom. The highest BCUT2D eigenvalue weighted by molar-refractivity contribution is 6.11. The van der Waals surface area contributed by atoms with Gasteiger partial charge in [-0.1, -0.05) is 27.7 Å². The number of hydrogen-bond donors (Lipinski definition) is 2. The summed E-state index contributed by atoms with van der Waals surface area (Å²) in [5, 5.41) is 2.86. The van der Waals surface area contributed by atoms with Crippen molar-refractivity contribution in [2.45, 2.75) is 41.0 Å². The van der Waals surface area contributed by atoms with Gasteiger partial charge in [-0.05, 0) is 42.5 Å². The predicted octanol–water partition coefficient (Wildman–Crippen LogP) is 3.42. The molecule has 0 spiro atoms. The summed E-state index contributed by atoms with van der Waals surface area (Å²) in [5.74, 6) is 0.325. The lowest BCUT2D eigenvalue weighted by Crippen LogP contribution is -2.28. The van der Waals surface area contributed by atoms with Gasteiger partial charge in [-0.3, -0.25) is 19.6 Å². The highest BCUT2D eigenvalue weighted by Gasteiger charge is 2.22. The second kappa shape index (κ2) is 7.54. The van der Waals surface area contributed by atoms with Crippen molar-refractivity contribution in [2.24, 2.45) is 10.4 Å². The summed E-state index contributed by atoms with van der Waals surface area (Å²) in [6.45, 7) is 10.8. The molecular weight excluding hydrogens is 352 g/mol. The summed E-state index contributed by atoms with van der Waals surface area (Å²) in [6, 6.07) is 3.65. The zero-order valence-corrected chi connectivity index (χ0v) is 17.0. The van der Waals surface area contributed by atoms with Crippen molar-refractivity contribution in [3.63, 3.8) is 0 Å². The topological polar surface area (TPSA) is 87.2 Å². The van der Waals surface area contributed by atoms with E-state index in [0.717, 1.165) is 16.8 Å². The van der Waals surface area contributed by atoms with Crippen LogP contribution < -0.4 is 10.9 Å². The third-order valence-electron chi connectivity index (χ3n) is 4.94. The standard InChI is InChI=1S/C22H26N4O2/c1-6-14-8-18(13(2)25-20(14)27)15-7-16(11-23-10-15)21(28)26-19-9-17(12-24-19)22(3,4)5/h7-11H,6,12H2,1-5H3,(H,25,27)(H,24,26,28). The van der Waals surface area contributed by atoms with Crippen LogP contribution in [0.4, 0.5) is 0 Å². The first-order chi connectivity index (χ1) is 13.2. The number of hydrogen-bond acceptors (Lipinski definition) is 4. The zero-order valence-electron chi connectivity index (χ0n) is 17.0. The summed E-state index contributed by atoms with van der Waals surface area (Å²) >= 11 is 0. The Hall–Kier alpha value is -3.02. The molecule has 0 aromatic carbocycles. The van der Waals surface area contributed by atoms with E-state index in [1.165, 1.54) is 11.8 Å². The first-order valence-corrected chi connectivity index (χ1v) is 9.44. The molecule has 1 aliphatic heterocycles. The van der Waals surface area contributed by atoms with Gasteiger partial charge in [-0.2, -0.15) is 0 Å². The van der Waals surface area contributed by atoms with Crippen LogP contribution in [0.3, 0.4) is 0 Å². The molecule has 3 heterocycles. The second-order valence-corrected chi connectivity index (χ2v) is 8.05. The van der Waals surface area contributed by atoms with Gasteiger partial charge in [0.25, 0.3) is 11.5 Å². The number of carbonyl (C=O) groups excluding carboxylic acids is 1. The molecule has 0 bridgehead atoms. The molecule has 2 aromatic rings. The minimum absolute atomic E-state index is 0.0240. The van der Waals surface area contributed by atoms with Crippen LogP contribution in [0.2, 0.25) is 0 Å². The fraction of sp³-hybridized carbons (Fsp3) is 0.364. The minimum atomic E-state index is -0.252. The highest BCUT2D eigenvalue weighted by atomic mass is 16.1. The highest BCUT2D eigenvalue weighted by Crippen LogP contribution is 2.27. The van der Waals surface area contributed by atoms with Crippen molar-refractivity contribution in [1.29, 1.82) is 0 Å². The number of H-pyrrole nitrogens is 1. The average Bonchev–Trinajstić information content (AvgIpc) is 3.11. The number of amides is 1. The summed E-state index contributed by atoms with van der Waals surface area (Å²) in [5.41, 5.74) is 4.69. The van der Waals surface area contributed by atoms with Gasteiger partial charge in [0.1, 0.15) is 5.84 Å². The number of carbonyl (C=O) groups is 1. The summed E-state index contributed by atoms with van der Waals surface area (Å²) in [4.78, 5) is 36.2. The van der Waals surface area contributed by atoms with Crippen molar-refractivity contribution in [3.8, 4) is 11.1 Å². The Balaban J connectivity index is 1.86. The molecule has 0 saturated carbocycles. The Kier molecular flexibility index (Phi) is 5.31. The summed E-state index contributed by atoms with van der Waals surface area (Å²) in [6.07, 6.45) is 5.80. The lowest BCUT2D eigenvalue weighted by Gasteiger charge is -2.18. The lowest BCUT2D eigenvalue weighted by molar-refractivity contribution is 0.0977. The summed E-state index contributed by atoms with van der Waals surface area (Å²) in [7, 11) is 0. The molecule has 0 atom stereocenters. The van der Waals surface area contributed by atoms with Gasteiger partial charge >= 0.3 is 0 Å². The van der Waals surface area contributed by atoms with Crippen LogP contribution in [0.15, 0.2) is 46.0 Å². The van der Waals surface area contributed by atoms with E-state index in [4.69, 9.17) is 0 Å². The fourth-order valence-corrected chi connectivity index (χ4v) is 3.08. The zero-order chi connectivity index (χ0) is 20.5. The molecule has 2 N–H and O–H groups in total. The van der Waals surface area contributed by atoms with Gasteiger partial charge in [-0.15, -0.1) is 0 Å². The number of aliphatic imine (C=N–C) groups is 1. The molecule has 2 aromatic heterocycles. The average molecular weight is 378 g/mol. The quantitative estimate of drug-likeness (QED) is 0.858. The van der Waals surface area contributed by atoms with Crippen molar-refractivity contribution >= 4 is 11.7 Å². The number of nitrogens with one attached hydrogen (secondary N) is 2. The Bertz CT molecular complexity index is 1040. The smallest absolute Gasteiger partial charge is 0.258 e. The largest absolute Gasteiger partial charge is 0.326 e. The van der Waals surface area contributed by atoms with Crippen LogP contribution in [0.1, 0.15) is 49.3 Å². The number of aromatic nitrogens is 2. The third kappa shape index (κ3) is 4.11. The minimum Gasteiger partial charge on any atom is -0.326 e. The van der Waals surface area contributed by atoms with E-state index in [0.29, 0.717) is 29.9 Å². The number of nitrogens with zero attached hydrogens (tertiary/aromatic N) is 2. The van der Waals surface area contributed by atoms with E-state index in [2.05, 4.69) is 41.0 Å². The molecule has 6 heteroatoms. The second-order valence-electron chi connectivity index (χ2n) is 8.05. The number of aryl methyl sites for hydroxylation is 2. The molecule has 146 valence electrons. The molecule has 1 aliphatic rings. The van der Waals surface area contributed by atoms with Gasteiger partial charge < -0.3 is 10.3 Å². The van der Waals surface area contributed by atoms with Crippen LogP contribution in [-0.4, -0.2) is 28.3 Å². The van der Waals surface area contributed by atoms with Crippen molar-refractivity contribution in [2.75, 3.05) is 6.54 Å². The van der Waals surface area contributed by atoms with Crippen LogP contribution in [-0.2, 0) is 6.42 Å². The molecule has 0 saturated heterocycles. The van der Waals surface area contributed by atoms with Crippen LogP contribution in [0.25, 0.3) is 11.1 Å². The van der Waals surface area contributed by atoms with Gasteiger partial charge in [0.05, 0.1) is 12.1 Å². The van der Waals surface area contributed by atoms with Crippen molar-refractivity contribution in [1.82, 2.24) is 15.3 Å². The number of rotatable bonds is 3. The van der Waals surface area contributed by atoms with E-state index in [1.807, 2.05) is 26.0 Å². The molecule has 0 unspecified atom stereocenters. The Labute approximate surface area is 164 Å². The predicted molar refractivity (Wildman–Crippen MR) is 112 cm³/mol. The van der Waals surface area contributed by atoms with Gasteiger partial charge in [0.2, 0.25) is 0 Å². The maximum absolute atomic E-state index is 12.7. The van der Waals surface area contributed by atoms with Gasteiger partial charge in [-0.25, -0.2) is 0 Å². The van der Waals surface area contributed by atoms with Gasteiger partial charge in [0.15, 0.2) is 0 Å². The first-order valence-electron chi connectivity index (χ1n) is 9.44. The molecule has 0 fully saturated rings. The molecule has 0 radical (unpaired) electrons. The van der Waals surface area contributed by atoms with E-state index in [1.54, 1.807) is 12.3 Å². The normalized spacial score (nSPS) is 13.9. The monoisotopic (exact) mass is 378 g/mol. The molecular formula is C22H26N4O2. The fourth-order valence-electron chi connectivity index (χ4n) is 3.08. The molecule has 3 rings (SSSR count). The first kappa shape index (κ1) is 19.7. The van der Waals surface area contributed by atoms with E-state index in [-0.39, 0.29) is 16.9 Å². The third-order valence-corrected chi connectivity index (χ3v) is 4.94. The van der Waals surface area contributed by atoms with Crippen LogP contribution in [0, 0.1) is 12.3 Å². The maximum Gasteiger partial charge on any atom is 0.258 e. The van der Waals surface area contributed by atoms with E-state index < -0.39 is 0 Å². The van der Waals surface area contributed by atoms with Gasteiger partial charge in [0, 0.05) is 34.8 Å². The summed E-state index contributed by atoms with van der Waals surface area (Å²) < 4.78 is 0. The van der Waals surface area contributed by atoms with Crippen molar-refractivity contribution < 1.29 is 4.79 Å². The van der Waals surface area contributed by atoms with Crippen molar-refractivity contribution in [3.05, 3.63) is 63.4 Å². The van der Waals surface area contributed by atoms with E-state index in [9.17, 15) is 9.59 Å². The molecule has 28 heavy (non-hydrogen) atoms. The Morgan fingerprint density at radius 1 is 1.25 bits per heavy atom. The van der Waals surface area contributed by atoms with E-state index >= 15 is 0 Å². The maximum atomic E-state index is 12.7. The lowest BCUT2D eigenvalue weighted by atomic mass is 9.87. The molecule has 1 amide bonds. The van der Waals surface area contributed by atoms with Crippen LogP contribution >= 0.6 is 0 Å². The number of aromatic amines is 1. The Morgan fingerprint density at radius 3 is 2.64 bits per heavy atom.